The van der Waals surface area contributed by atoms with Crippen LogP contribution in [0.15, 0.2) is 22.7 Å². The highest BCUT2D eigenvalue weighted by Crippen LogP contribution is 2.37. The highest BCUT2D eigenvalue weighted by atomic mass is 79.9. The molecule has 1 aliphatic rings. The third-order valence-electron chi connectivity index (χ3n) is 4.12. The van der Waals surface area contributed by atoms with Crippen LogP contribution >= 0.6 is 15.9 Å². The zero-order valence-corrected chi connectivity index (χ0v) is 12.9. The lowest BCUT2D eigenvalue weighted by atomic mass is 9.73. The molecular formula is C15H21BrN2O. The van der Waals surface area contributed by atoms with Gasteiger partial charge in [-0.3, -0.25) is 4.79 Å². The molecule has 104 valence electrons. The van der Waals surface area contributed by atoms with E-state index in [4.69, 9.17) is 5.73 Å². The standard InChI is InChI=1S/C15H21BrN2O/c1-11-6-5-7-12(13(11)16)18-14(19)15(10-17)8-3-2-4-9-15/h5-7H,2-4,8-10,17H2,1H3,(H,18,19). The normalized spacial score (nSPS) is 18.1. The minimum atomic E-state index is -0.374. The number of hydrogen-bond acceptors (Lipinski definition) is 2. The third-order valence-corrected chi connectivity index (χ3v) is 5.18. The molecule has 0 radical (unpaired) electrons. The van der Waals surface area contributed by atoms with Crippen LogP contribution in [0.25, 0.3) is 0 Å². The van der Waals surface area contributed by atoms with Crippen molar-refractivity contribution in [2.45, 2.75) is 39.0 Å². The number of hydrogen-bond donors (Lipinski definition) is 2. The number of carbonyl (C=O) groups excluding carboxylic acids is 1. The van der Waals surface area contributed by atoms with Gasteiger partial charge < -0.3 is 11.1 Å². The van der Waals surface area contributed by atoms with E-state index in [0.29, 0.717) is 6.54 Å². The largest absolute Gasteiger partial charge is 0.329 e. The Bertz CT molecular complexity index is 467. The van der Waals surface area contributed by atoms with E-state index in [9.17, 15) is 4.79 Å². The lowest BCUT2D eigenvalue weighted by molar-refractivity contribution is -0.126. The molecule has 0 heterocycles. The van der Waals surface area contributed by atoms with Crippen LogP contribution in [0.3, 0.4) is 0 Å². The van der Waals surface area contributed by atoms with Gasteiger partial charge in [-0.1, -0.05) is 31.4 Å². The van der Waals surface area contributed by atoms with E-state index in [1.165, 1.54) is 6.42 Å². The average Bonchev–Trinajstić information content (AvgIpc) is 2.44. The number of aryl methyl sites for hydroxylation is 1. The second-order valence-electron chi connectivity index (χ2n) is 5.44. The number of anilines is 1. The van der Waals surface area contributed by atoms with Gasteiger partial charge in [0.1, 0.15) is 0 Å². The van der Waals surface area contributed by atoms with E-state index in [1.54, 1.807) is 0 Å². The minimum absolute atomic E-state index is 0.0704. The molecule has 1 aromatic rings. The average molecular weight is 325 g/mol. The summed E-state index contributed by atoms with van der Waals surface area (Å²) in [7, 11) is 0. The maximum atomic E-state index is 12.6. The van der Waals surface area contributed by atoms with Gasteiger partial charge in [0.2, 0.25) is 5.91 Å². The fraction of sp³-hybridized carbons (Fsp3) is 0.533. The smallest absolute Gasteiger partial charge is 0.231 e. The van der Waals surface area contributed by atoms with Gasteiger partial charge in [-0.15, -0.1) is 0 Å². The molecule has 0 saturated heterocycles. The number of rotatable bonds is 3. The fourth-order valence-electron chi connectivity index (χ4n) is 2.75. The van der Waals surface area contributed by atoms with Crippen LogP contribution in [0.5, 0.6) is 0 Å². The molecule has 1 aliphatic carbocycles. The van der Waals surface area contributed by atoms with Crippen LogP contribution in [0, 0.1) is 12.3 Å². The Morgan fingerprint density at radius 3 is 2.68 bits per heavy atom. The first-order valence-electron chi connectivity index (χ1n) is 6.86. The highest BCUT2D eigenvalue weighted by molar-refractivity contribution is 9.10. The Balaban J connectivity index is 2.17. The first-order chi connectivity index (χ1) is 9.09. The van der Waals surface area contributed by atoms with Gasteiger partial charge in [-0.25, -0.2) is 0 Å². The molecule has 1 aromatic carbocycles. The molecule has 2 rings (SSSR count). The zero-order chi connectivity index (χ0) is 13.9. The van der Waals surface area contributed by atoms with Crippen LogP contribution in [0.1, 0.15) is 37.7 Å². The topological polar surface area (TPSA) is 55.1 Å². The van der Waals surface area contributed by atoms with E-state index < -0.39 is 0 Å². The summed E-state index contributed by atoms with van der Waals surface area (Å²) >= 11 is 3.53. The molecule has 1 saturated carbocycles. The van der Waals surface area contributed by atoms with Gasteiger partial charge in [0.25, 0.3) is 0 Å². The van der Waals surface area contributed by atoms with Crippen molar-refractivity contribution in [1.29, 1.82) is 0 Å². The number of amides is 1. The summed E-state index contributed by atoms with van der Waals surface area (Å²) in [5.74, 6) is 0.0704. The molecule has 1 fully saturated rings. The van der Waals surface area contributed by atoms with Gasteiger partial charge in [0, 0.05) is 11.0 Å². The lowest BCUT2D eigenvalue weighted by Gasteiger charge is -2.34. The molecular weight excluding hydrogens is 304 g/mol. The summed E-state index contributed by atoms with van der Waals surface area (Å²) in [6.45, 7) is 2.45. The van der Waals surface area contributed by atoms with Gasteiger partial charge in [0.05, 0.1) is 11.1 Å². The summed E-state index contributed by atoms with van der Waals surface area (Å²) in [6.07, 6.45) is 5.21. The number of nitrogens with two attached hydrogens (primary N) is 1. The molecule has 3 N–H and O–H groups in total. The quantitative estimate of drug-likeness (QED) is 0.892. The summed E-state index contributed by atoms with van der Waals surface area (Å²) in [5.41, 5.74) is 7.47. The summed E-state index contributed by atoms with van der Waals surface area (Å²) in [4.78, 5) is 12.6. The van der Waals surface area contributed by atoms with Gasteiger partial charge >= 0.3 is 0 Å². The summed E-state index contributed by atoms with van der Waals surface area (Å²) in [5, 5.41) is 3.05. The number of carbonyl (C=O) groups is 1. The maximum absolute atomic E-state index is 12.6. The minimum Gasteiger partial charge on any atom is -0.329 e. The molecule has 0 aliphatic heterocycles. The summed E-state index contributed by atoms with van der Waals surface area (Å²) in [6, 6.07) is 5.88. The first-order valence-corrected chi connectivity index (χ1v) is 7.65. The number of benzene rings is 1. The molecule has 0 atom stereocenters. The predicted molar refractivity (Wildman–Crippen MR) is 82.1 cm³/mol. The Labute approximate surface area is 123 Å². The Morgan fingerprint density at radius 1 is 1.37 bits per heavy atom. The van der Waals surface area contributed by atoms with E-state index in [1.807, 2.05) is 25.1 Å². The number of nitrogens with one attached hydrogen (secondary N) is 1. The van der Waals surface area contributed by atoms with Crippen LogP contribution in [0.2, 0.25) is 0 Å². The van der Waals surface area contributed by atoms with Crippen molar-refractivity contribution in [2.75, 3.05) is 11.9 Å². The van der Waals surface area contributed by atoms with Crippen molar-refractivity contribution < 1.29 is 4.79 Å². The van der Waals surface area contributed by atoms with E-state index >= 15 is 0 Å². The fourth-order valence-corrected chi connectivity index (χ4v) is 3.11. The van der Waals surface area contributed by atoms with Crippen molar-refractivity contribution >= 4 is 27.5 Å². The number of halogens is 1. The lowest BCUT2D eigenvalue weighted by Crippen LogP contribution is -2.43. The predicted octanol–water partition coefficient (Wildman–Crippen LogP) is 3.61. The van der Waals surface area contributed by atoms with E-state index in [-0.39, 0.29) is 11.3 Å². The van der Waals surface area contributed by atoms with Gasteiger partial charge in [-0.05, 0) is 47.3 Å². The summed E-state index contributed by atoms with van der Waals surface area (Å²) < 4.78 is 0.950. The van der Waals surface area contributed by atoms with Crippen LogP contribution in [0.4, 0.5) is 5.69 Å². The van der Waals surface area contributed by atoms with E-state index in [2.05, 4.69) is 21.2 Å². The molecule has 1 amide bonds. The molecule has 3 nitrogen and oxygen atoms in total. The van der Waals surface area contributed by atoms with Gasteiger partial charge in [-0.2, -0.15) is 0 Å². The SMILES string of the molecule is Cc1cccc(NC(=O)C2(CN)CCCCC2)c1Br. The monoisotopic (exact) mass is 324 g/mol. The van der Waals surface area contributed by atoms with E-state index in [0.717, 1.165) is 41.4 Å². The third kappa shape index (κ3) is 3.00. The second-order valence-corrected chi connectivity index (χ2v) is 6.23. The highest BCUT2D eigenvalue weighted by Gasteiger charge is 2.38. The Morgan fingerprint density at radius 2 is 2.05 bits per heavy atom. The van der Waals surface area contributed by atoms with Crippen molar-refractivity contribution in [1.82, 2.24) is 0 Å². The first kappa shape index (κ1) is 14.5. The van der Waals surface area contributed by atoms with Crippen LogP contribution in [-0.4, -0.2) is 12.5 Å². The van der Waals surface area contributed by atoms with Crippen molar-refractivity contribution in [3.8, 4) is 0 Å². The maximum Gasteiger partial charge on any atom is 0.231 e. The Hall–Kier alpha value is -0.870. The molecule has 0 bridgehead atoms. The molecule has 0 aromatic heterocycles. The van der Waals surface area contributed by atoms with Crippen LogP contribution in [-0.2, 0) is 4.79 Å². The van der Waals surface area contributed by atoms with Crippen LogP contribution < -0.4 is 11.1 Å². The second kappa shape index (κ2) is 6.06. The van der Waals surface area contributed by atoms with Crippen molar-refractivity contribution in [3.63, 3.8) is 0 Å². The van der Waals surface area contributed by atoms with Gasteiger partial charge in [0.15, 0.2) is 0 Å². The Kier molecular flexibility index (Phi) is 4.63. The molecule has 19 heavy (non-hydrogen) atoms. The molecule has 4 heteroatoms. The van der Waals surface area contributed by atoms with Crippen molar-refractivity contribution in [3.05, 3.63) is 28.2 Å². The molecule has 0 spiro atoms. The zero-order valence-electron chi connectivity index (χ0n) is 11.3. The van der Waals surface area contributed by atoms with Crippen molar-refractivity contribution in [2.24, 2.45) is 11.1 Å². The molecule has 0 unspecified atom stereocenters.